The number of ether oxygens (including phenoxy) is 1. The number of carboxylic acid groups (broad SMARTS) is 1. The van der Waals surface area contributed by atoms with Crippen LogP contribution in [0.25, 0.3) is 0 Å². The Balaban J connectivity index is 0.000000921. The minimum absolute atomic E-state index is 0.0559. The molecule has 0 saturated heterocycles. The van der Waals surface area contributed by atoms with E-state index in [2.05, 4.69) is 4.74 Å². The highest BCUT2D eigenvalue weighted by atomic mass is 16.5. The topological polar surface area (TPSA) is 68.5 Å². The van der Waals surface area contributed by atoms with Gasteiger partial charge in [-0.05, 0) is 12.1 Å². The number of hydrogen-bond donors (Lipinski definition) is 1. The third kappa shape index (κ3) is 2.83. The third-order valence-electron chi connectivity index (χ3n) is 1.74. The maximum Gasteiger partial charge on any atom is 0.354 e. The second-order valence-electron chi connectivity index (χ2n) is 2.46. The number of aromatic carboxylic acids is 1. The Kier molecular flexibility index (Phi) is 5.15. The van der Waals surface area contributed by atoms with Crippen molar-refractivity contribution in [3.63, 3.8) is 0 Å². The molecule has 0 spiro atoms. The predicted octanol–water partition coefficient (Wildman–Crippen LogP) is 1.54. The average molecular weight is 213 g/mol. The van der Waals surface area contributed by atoms with Crippen LogP contribution in [0.2, 0.25) is 0 Å². The van der Waals surface area contributed by atoms with Gasteiger partial charge in [-0.25, -0.2) is 9.59 Å². The number of methoxy groups -OCH3 is 1. The highest BCUT2D eigenvalue weighted by Gasteiger charge is 2.15. The smallest absolute Gasteiger partial charge is 0.354 e. The molecule has 0 amide bonds. The van der Waals surface area contributed by atoms with Crippen LogP contribution in [0, 0.1) is 0 Å². The molecule has 0 saturated carbocycles. The van der Waals surface area contributed by atoms with Crippen molar-refractivity contribution in [2.75, 3.05) is 7.11 Å². The molecular formula is C10H15NO4. The summed E-state index contributed by atoms with van der Waals surface area (Å²) in [6.07, 6.45) is 0. The van der Waals surface area contributed by atoms with Crippen LogP contribution in [0.1, 0.15) is 34.8 Å². The number of carboxylic acids is 1. The van der Waals surface area contributed by atoms with Crippen molar-refractivity contribution in [2.45, 2.75) is 13.8 Å². The maximum atomic E-state index is 11.0. The van der Waals surface area contributed by atoms with Gasteiger partial charge in [0.15, 0.2) is 0 Å². The van der Waals surface area contributed by atoms with E-state index in [1.54, 1.807) is 0 Å². The van der Waals surface area contributed by atoms with E-state index in [4.69, 9.17) is 5.11 Å². The van der Waals surface area contributed by atoms with Gasteiger partial charge < -0.3 is 14.4 Å². The highest BCUT2D eigenvalue weighted by Crippen LogP contribution is 2.07. The van der Waals surface area contributed by atoms with E-state index < -0.39 is 11.9 Å². The van der Waals surface area contributed by atoms with Gasteiger partial charge in [0.05, 0.1) is 7.11 Å². The van der Waals surface area contributed by atoms with Crippen LogP contribution in [-0.2, 0) is 11.8 Å². The number of carbonyl (C=O) groups is 2. The summed E-state index contributed by atoms with van der Waals surface area (Å²) in [5, 5.41) is 8.66. The molecule has 1 aromatic heterocycles. The Morgan fingerprint density at radius 3 is 2.07 bits per heavy atom. The first-order valence-electron chi connectivity index (χ1n) is 4.55. The van der Waals surface area contributed by atoms with E-state index in [0.29, 0.717) is 0 Å². The van der Waals surface area contributed by atoms with Gasteiger partial charge in [0, 0.05) is 7.05 Å². The first-order chi connectivity index (χ1) is 7.07. The van der Waals surface area contributed by atoms with Crippen molar-refractivity contribution in [3.8, 4) is 0 Å². The summed E-state index contributed by atoms with van der Waals surface area (Å²) in [6.45, 7) is 4.00. The molecule has 0 unspecified atom stereocenters. The molecule has 15 heavy (non-hydrogen) atoms. The molecule has 1 N–H and O–H groups in total. The molecule has 0 aromatic carbocycles. The van der Waals surface area contributed by atoms with E-state index in [9.17, 15) is 9.59 Å². The second-order valence-corrected chi connectivity index (χ2v) is 2.46. The van der Waals surface area contributed by atoms with Gasteiger partial charge in [-0.1, -0.05) is 13.8 Å². The lowest BCUT2D eigenvalue weighted by Gasteiger charge is -2.02. The number of carbonyl (C=O) groups excluding carboxylic acids is 1. The van der Waals surface area contributed by atoms with Crippen LogP contribution in [0.4, 0.5) is 0 Å². The Morgan fingerprint density at radius 1 is 1.27 bits per heavy atom. The molecule has 1 heterocycles. The lowest BCUT2D eigenvalue weighted by Crippen LogP contribution is -2.11. The Bertz CT molecular complexity index is 354. The van der Waals surface area contributed by atoms with Gasteiger partial charge in [-0.3, -0.25) is 0 Å². The Labute approximate surface area is 88.3 Å². The molecule has 0 aliphatic heterocycles. The normalized spacial score (nSPS) is 8.80. The van der Waals surface area contributed by atoms with E-state index in [0.717, 1.165) is 0 Å². The molecule has 0 atom stereocenters. The van der Waals surface area contributed by atoms with Crippen LogP contribution in [0.5, 0.6) is 0 Å². The van der Waals surface area contributed by atoms with Gasteiger partial charge in [-0.2, -0.15) is 0 Å². The molecule has 0 radical (unpaired) electrons. The SMILES string of the molecule is CC.COC(=O)c1ccc(C(=O)O)n1C. The Morgan fingerprint density at radius 2 is 1.73 bits per heavy atom. The van der Waals surface area contributed by atoms with Crippen molar-refractivity contribution < 1.29 is 19.4 Å². The largest absolute Gasteiger partial charge is 0.477 e. The number of hydrogen-bond acceptors (Lipinski definition) is 3. The zero-order chi connectivity index (χ0) is 12.0. The monoisotopic (exact) mass is 213 g/mol. The number of aromatic nitrogens is 1. The third-order valence-corrected chi connectivity index (χ3v) is 1.74. The van der Waals surface area contributed by atoms with Crippen LogP contribution in [0.15, 0.2) is 12.1 Å². The number of esters is 1. The van der Waals surface area contributed by atoms with E-state index in [-0.39, 0.29) is 11.4 Å². The molecule has 5 nitrogen and oxygen atoms in total. The zero-order valence-electron chi connectivity index (χ0n) is 9.27. The summed E-state index contributed by atoms with van der Waals surface area (Å²) >= 11 is 0. The number of nitrogens with zero attached hydrogens (tertiary/aromatic N) is 1. The van der Waals surface area contributed by atoms with Gasteiger partial charge in [0.1, 0.15) is 11.4 Å². The Hall–Kier alpha value is -1.78. The zero-order valence-corrected chi connectivity index (χ0v) is 9.27. The summed E-state index contributed by atoms with van der Waals surface area (Å²) in [4.78, 5) is 21.6. The van der Waals surface area contributed by atoms with Crippen LogP contribution in [-0.4, -0.2) is 28.7 Å². The number of rotatable bonds is 2. The molecular weight excluding hydrogens is 198 g/mol. The summed E-state index contributed by atoms with van der Waals surface area (Å²) in [5.74, 6) is -1.62. The first-order valence-corrected chi connectivity index (χ1v) is 4.55. The fraction of sp³-hybridized carbons (Fsp3) is 0.400. The summed E-state index contributed by atoms with van der Waals surface area (Å²) < 4.78 is 5.73. The molecule has 1 aromatic rings. The van der Waals surface area contributed by atoms with Gasteiger partial charge >= 0.3 is 11.9 Å². The predicted molar refractivity (Wildman–Crippen MR) is 55.1 cm³/mol. The summed E-state index contributed by atoms with van der Waals surface area (Å²) in [7, 11) is 2.74. The van der Waals surface area contributed by atoms with Gasteiger partial charge in [0.2, 0.25) is 0 Å². The minimum Gasteiger partial charge on any atom is -0.477 e. The molecule has 5 heteroatoms. The van der Waals surface area contributed by atoms with Crippen LogP contribution < -0.4 is 0 Å². The lowest BCUT2D eigenvalue weighted by atomic mass is 10.4. The fourth-order valence-corrected chi connectivity index (χ4v) is 1.04. The summed E-state index contributed by atoms with van der Waals surface area (Å²) in [5.41, 5.74) is 0.278. The van der Waals surface area contributed by atoms with Crippen molar-refractivity contribution >= 4 is 11.9 Å². The molecule has 0 fully saturated rings. The first kappa shape index (κ1) is 13.2. The second kappa shape index (κ2) is 5.85. The van der Waals surface area contributed by atoms with E-state index in [1.807, 2.05) is 13.8 Å². The standard InChI is InChI=1S/C8H9NO4.C2H6/c1-9-5(7(10)11)3-4-6(9)8(12)13-2;1-2/h3-4H,1-2H3,(H,10,11);1-2H3. The van der Waals surface area contributed by atoms with Crippen molar-refractivity contribution in [3.05, 3.63) is 23.5 Å². The minimum atomic E-state index is -1.07. The fourth-order valence-electron chi connectivity index (χ4n) is 1.04. The lowest BCUT2D eigenvalue weighted by molar-refractivity contribution is 0.0589. The van der Waals surface area contributed by atoms with E-state index in [1.165, 1.54) is 30.9 Å². The molecule has 84 valence electrons. The van der Waals surface area contributed by atoms with Crippen LogP contribution in [0.3, 0.4) is 0 Å². The average Bonchev–Trinajstić information content (AvgIpc) is 2.62. The molecule has 0 aliphatic rings. The van der Waals surface area contributed by atoms with Crippen molar-refractivity contribution in [2.24, 2.45) is 7.05 Å². The van der Waals surface area contributed by atoms with Crippen LogP contribution >= 0.6 is 0 Å². The molecule has 0 bridgehead atoms. The van der Waals surface area contributed by atoms with E-state index >= 15 is 0 Å². The van der Waals surface area contributed by atoms with Crippen molar-refractivity contribution in [1.82, 2.24) is 4.57 Å². The van der Waals surface area contributed by atoms with Gasteiger partial charge in [-0.15, -0.1) is 0 Å². The quantitative estimate of drug-likeness (QED) is 0.756. The van der Waals surface area contributed by atoms with Gasteiger partial charge in [0.25, 0.3) is 0 Å². The highest BCUT2D eigenvalue weighted by molar-refractivity contribution is 5.92. The molecule has 0 aliphatic carbocycles. The van der Waals surface area contributed by atoms with Crippen molar-refractivity contribution in [1.29, 1.82) is 0 Å². The maximum absolute atomic E-state index is 11.0. The molecule has 1 rings (SSSR count). The summed E-state index contributed by atoms with van der Waals surface area (Å²) in [6, 6.07) is 2.77.